The monoisotopic (exact) mass is 260 g/mol. The zero-order valence-corrected chi connectivity index (χ0v) is 12.2. The van der Waals surface area contributed by atoms with E-state index in [1.54, 1.807) is 0 Å². The standard InChI is InChI=1S/C15H24N4/c1-4-7-19-8-6-13(11-19)9-16-10-14-12-18(3)17-15(14)5-2/h6,8,11-12,16H,4-5,7,9-10H2,1-3H3. The SMILES string of the molecule is CCCn1ccc(CNCc2cn(C)nc2CC)c1. The van der Waals surface area contributed by atoms with Gasteiger partial charge in [0.1, 0.15) is 0 Å². The zero-order valence-electron chi connectivity index (χ0n) is 12.2. The van der Waals surface area contributed by atoms with Gasteiger partial charge >= 0.3 is 0 Å². The van der Waals surface area contributed by atoms with Crippen molar-refractivity contribution in [2.45, 2.75) is 46.3 Å². The summed E-state index contributed by atoms with van der Waals surface area (Å²) in [6.45, 7) is 7.25. The van der Waals surface area contributed by atoms with Crippen LogP contribution in [0.5, 0.6) is 0 Å². The van der Waals surface area contributed by atoms with E-state index in [1.165, 1.54) is 23.2 Å². The molecule has 104 valence electrons. The molecule has 0 atom stereocenters. The first kappa shape index (κ1) is 13.9. The molecule has 0 radical (unpaired) electrons. The highest BCUT2D eigenvalue weighted by Gasteiger charge is 2.05. The highest BCUT2D eigenvalue weighted by Crippen LogP contribution is 2.08. The minimum Gasteiger partial charge on any atom is -0.354 e. The van der Waals surface area contributed by atoms with E-state index in [4.69, 9.17) is 0 Å². The molecule has 0 unspecified atom stereocenters. The Kier molecular flexibility index (Phi) is 4.80. The Labute approximate surface area is 115 Å². The molecule has 0 aliphatic carbocycles. The molecule has 0 aliphatic heterocycles. The van der Waals surface area contributed by atoms with Crippen molar-refractivity contribution < 1.29 is 0 Å². The normalized spacial score (nSPS) is 11.1. The summed E-state index contributed by atoms with van der Waals surface area (Å²) < 4.78 is 4.14. The molecule has 2 rings (SSSR count). The quantitative estimate of drug-likeness (QED) is 0.830. The second kappa shape index (κ2) is 6.57. The summed E-state index contributed by atoms with van der Waals surface area (Å²) in [5.74, 6) is 0. The molecule has 2 aromatic heterocycles. The summed E-state index contributed by atoms with van der Waals surface area (Å²) in [4.78, 5) is 0. The van der Waals surface area contributed by atoms with Crippen LogP contribution in [-0.2, 0) is 33.1 Å². The first-order valence-electron chi connectivity index (χ1n) is 7.09. The van der Waals surface area contributed by atoms with Gasteiger partial charge in [0.15, 0.2) is 0 Å². The van der Waals surface area contributed by atoms with Crippen LogP contribution in [0.3, 0.4) is 0 Å². The summed E-state index contributed by atoms with van der Waals surface area (Å²) in [5.41, 5.74) is 3.84. The smallest absolute Gasteiger partial charge is 0.0666 e. The van der Waals surface area contributed by atoms with Gasteiger partial charge in [0.2, 0.25) is 0 Å². The molecule has 19 heavy (non-hydrogen) atoms. The predicted molar refractivity (Wildman–Crippen MR) is 77.9 cm³/mol. The lowest BCUT2D eigenvalue weighted by molar-refractivity contribution is 0.666. The largest absolute Gasteiger partial charge is 0.354 e. The maximum Gasteiger partial charge on any atom is 0.0666 e. The topological polar surface area (TPSA) is 34.8 Å². The van der Waals surface area contributed by atoms with Crippen LogP contribution in [0.1, 0.15) is 37.1 Å². The molecular weight excluding hydrogens is 236 g/mol. The Morgan fingerprint density at radius 1 is 1.21 bits per heavy atom. The number of rotatable bonds is 7. The first-order valence-corrected chi connectivity index (χ1v) is 7.09. The van der Waals surface area contributed by atoms with Crippen LogP contribution in [0.4, 0.5) is 0 Å². The van der Waals surface area contributed by atoms with Crippen molar-refractivity contribution in [2.24, 2.45) is 7.05 Å². The lowest BCUT2D eigenvalue weighted by atomic mass is 10.2. The predicted octanol–water partition coefficient (Wildman–Crippen LogP) is 2.48. The number of nitrogens with zero attached hydrogens (tertiary/aromatic N) is 3. The highest BCUT2D eigenvalue weighted by molar-refractivity contribution is 5.17. The van der Waals surface area contributed by atoms with E-state index in [2.05, 4.69) is 53.5 Å². The second-order valence-corrected chi connectivity index (χ2v) is 4.99. The Morgan fingerprint density at radius 2 is 2.05 bits per heavy atom. The number of aromatic nitrogens is 3. The molecule has 0 bridgehead atoms. The van der Waals surface area contributed by atoms with Gasteiger partial charge < -0.3 is 9.88 Å². The van der Waals surface area contributed by atoms with Gasteiger partial charge in [0.25, 0.3) is 0 Å². The number of hydrogen-bond acceptors (Lipinski definition) is 2. The van der Waals surface area contributed by atoms with Crippen molar-refractivity contribution >= 4 is 0 Å². The minimum absolute atomic E-state index is 0.885. The van der Waals surface area contributed by atoms with Crippen LogP contribution in [0.25, 0.3) is 0 Å². The highest BCUT2D eigenvalue weighted by atomic mass is 15.3. The third-order valence-corrected chi connectivity index (χ3v) is 3.26. The first-order chi connectivity index (χ1) is 9.22. The molecule has 2 aromatic rings. The van der Waals surface area contributed by atoms with E-state index < -0.39 is 0 Å². The van der Waals surface area contributed by atoms with Gasteiger partial charge in [-0.3, -0.25) is 4.68 Å². The van der Waals surface area contributed by atoms with Crippen LogP contribution in [0.2, 0.25) is 0 Å². The molecule has 0 amide bonds. The second-order valence-electron chi connectivity index (χ2n) is 4.99. The van der Waals surface area contributed by atoms with Crippen molar-refractivity contribution in [1.29, 1.82) is 0 Å². The fraction of sp³-hybridized carbons (Fsp3) is 0.533. The molecule has 4 nitrogen and oxygen atoms in total. The van der Waals surface area contributed by atoms with Crippen LogP contribution >= 0.6 is 0 Å². The fourth-order valence-corrected chi connectivity index (χ4v) is 2.36. The van der Waals surface area contributed by atoms with Crippen molar-refractivity contribution in [1.82, 2.24) is 19.7 Å². The summed E-state index contributed by atoms with van der Waals surface area (Å²) in [6, 6.07) is 2.19. The lowest BCUT2D eigenvalue weighted by Crippen LogP contribution is -2.13. The zero-order chi connectivity index (χ0) is 13.7. The summed E-state index contributed by atoms with van der Waals surface area (Å²) >= 11 is 0. The van der Waals surface area contributed by atoms with Gasteiger partial charge in [-0.2, -0.15) is 5.10 Å². The number of nitrogens with one attached hydrogen (secondary N) is 1. The third-order valence-electron chi connectivity index (χ3n) is 3.26. The summed E-state index contributed by atoms with van der Waals surface area (Å²) in [5, 5.41) is 7.95. The van der Waals surface area contributed by atoms with Gasteiger partial charge in [-0.1, -0.05) is 13.8 Å². The molecule has 4 heteroatoms. The number of aryl methyl sites for hydroxylation is 3. The van der Waals surface area contributed by atoms with E-state index in [1.807, 2.05) is 11.7 Å². The van der Waals surface area contributed by atoms with Gasteiger partial charge in [0.05, 0.1) is 5.69 Å². The molecule has 0 saturated heterocycles. The Balaban J connectivity index is 1.85. The maximum atomic E-state index is 4.46. The van der Waals surface area contributed by atoms with Crippen LogP contribution in [0.15, 0.2) is 24.7 Å². The van der Waals surface area contributed by atoms with Crippen molar-refractivity contribution in [3.05, 3.63) is 41.5 Å². The van der Waals surface area contributed by atoms with E-state index in [0.717, 1.165) is 26.1 Å². The van der Waals surface area contributed by atoms with Crippen molar-refractivity contribution in [3.63, 3.8) is 0 Å². The van der Waals surface area contributed by atoms with E-state index >= 15 is 0 Å². The Morgan fingerprint density at radius 3 is 2.79 bits per heavy atom. The van der Waals surface area contributed by atoms with Crippen LogP contribution < -0.4 is 5.32 Å². The molecule has 1 N–H and O–H groups in total. The molecule has 0 spiro atoms. The number of hydrogen-bond donors (Lipinski definition) is 1. The van der Waals surface area contributed by atoms with E-state index in [9.17, 15) is 0 Å². The average Bonchev–Trinajstić information content (AvgIpc) is 2.97. The minimum atomic E-state index is 0.885. The maximum absolute atomic E-state index is 4.46. The summed E-state index contributed by atoms with van der Waals surface area (Å²) in [7, 11) is 1.98. The molecule has 2 heterocycles. The molecule has 0 aromatic carbocycles. The van der Waals surface area contributed by atoms with Gasteiger partial charge in [0, 0.05) is 50.8 Å². The molecular formula is C15H24N4. The third kappa shape index (κ3) is 3.70. The van der Waals surface area contributed by atoms with Crippen LogP contribution in [-0.4, -0.2) is 14.3 Å². The van der Waals surface area contributed by atoms with Gasteiger partial charge in [-0.15, -0.1) is 0 Å². The Bertz CT molecular complexity index is 510. The van der Waals surface area contributed by atoms with E-state index in [-0.39, 0.29) is 0 Å². The van der Waals surface area contributed by atoms with Gasteiger partial charge in [-0.25, -0.2) is 0 Å². The van der Waals surface area contributed by atoms with E-state index in [0.29, 0.717) is 0 Å². The lowest BCUT2D eigenvalue weighted by Gasteiger charge is -2.03. The Hall–Kier alpha value is -1.55. The molecule has 0 fully saturated rings. The van der Waals surface area contributed by atoms with Gasteiger partial charge in [-0.05, 0) is 24.5 Å². The average molecular weight is 260 g/mol. The summed E-state index contributed by atoms with van der Waals surface area (Å²) in [6.07, 6.45) is 8.65. The fourth-order valence-electron chi connectivity index (χ4n) is 2.36. The van der Waals surface area contributed by atoms with Crippen molar-refractivity contribution in [3.8, 4) is 0 Å². The molecule has 0 aliphatic rings. The van der Waals surface area contributed by atoms with Crippen LogP contribution in [0, 0.1) is 0 Å². The van der Waals surface area contributed by atoms with Crippen molar-refractivity contribution in [2.75, 3.05) is 0 Å². The molecule has 0 saturated carbocycles.